The van der Waals surface area contributed by atoms with Gasteiger partial charge in [-0.05, 0) is 70.2 Å². The van der Waals surface area contributed by atoms with Gasteiger partial charge in [0, 0.05) is 11.7 Å². The first-order valence-electron chi connectivity index (χ1n) is 12.5. The number of nitrogens with zero attached hydrogens (tertiary/aromatic N) is 1. The molecule has 0 aliphatic carbocycles. The van der Waals surface area contributed by atoms with Crippen molar-refractivity contribution in [2.45, 2.75) is 79.5 Å². The molecule has 7 nitrogen and oxygen atoms in total. The lowest BCUT2D eigenvalue weighted by Gasteiger charge is -2.33. The van der Waals surface area contributed by atoms with Crippen LogP contribution in [-0.4, -0.2) is 34.5 Å². The largest absolute Gasteiger partial charge is 0.444 e. The van der Waals surface area contributed by atoms with E-state index >= 15 is 0 Å². The zero-order valence-corrected chi connectivity index (χ0v) is 23.1. The molecule has 0 saturated carbocycles. The van der Waals surface area contributed by atoms with Gasteiger partial charge in [-0.25, -0.2) is 4.79 Å². The van der Waals surface area contributed by atoms with Crippen molar-refractivity contribution in [2.24, 2.45) is 5.92 Å². The number of nitrogens with one attached hydrogen (secondary N) is 2. The fourth-order valence-electron chi connectivity index (χ4n) is 3.98. The Kier molecular flexibility index (Phi) is 9.90. The first-order valence-corrected chi connectivity index (χ1v) is 12.5. The van der Waals surface area contributed by atoms with Crippen molar-refractivity contribution in [3.63, 3.8) is 0 Å². The van der Waals surface area contributed by atoms with Gasteiger partial charge in [0.05, 0.1) is 0 Å². The van der Waals surface area contributed by atoms with Crippen LogP contribution in [0, 0.1) is 39.2 Å². The van der Waals surface area contributed by atoms with E-state index in [9.17, 15) is 14.4 Å². The predicted octanol–water partition coefficient (Wildman–Crippen LogP) is 5.65. The highest BCUT2D eigenvalue weighted by Gasteiger charge is 2.38. The number of rotatable bonds is 8. The Morgan fingerprint density at radius 2 is 1.70 bits per heavy atom. The molecule has 37 heavy (non-hydrogen) atoms. The summed E-state index contributed by atoms with van der Waals surface area (Å²) in [7, 11) is 0. The number of hydrogen-bond donors (Lipinski definition) is 2. The van der Waals surface area contributed by atoms with Crippen LogP contribution in [0.5, 0.6) is 0 Å². The lowest BCUT2D eigenvalue weighted by Crippen LogP contribution is -2.53. The van der Waals surface area contributed by atoms with Crippen molar-refractivity contribution >= 4 is 23.6 Å². The van der Waals surface area contributed by atoms with Crippen LogP contribution < -0.4 is 10.6 Å². The van der Waals surface area contributed by atoms with E-state index in [1.54, 1.807) is 26.8 Å². The van der Waals surface area contributed by atoms with E-state index in [2.05, 4.69) is 16.7 Å². The zero-order chi connectivity index (χ0) is 27.9. The molecule has 2 aromatic rings. The van der Waals surface area contributed by atoms with Crippen LogP contribution in [-0.2, 0) is 14.3 Å². The summed E-state index contributed by atoms with van der Waals surface area (Å²) in [6, 6.07) is 13.3. The van der Waals surface area contributed by atoms with Gasteiger partial charge < -0.3 is 15.4 Å². The number of terminal acetylenes is 1. The molecule has 0 aromatic heterocycles. The minimum Gasteiger partial charge on any atom is -0.444 e. The monoisotopic (exact) mass is 505 g/mol. The van der Waals surface area contributed by atoms with Gasteiger partial charge in [0.25, 0.3) is 11.8 Å². The van der Waals surface area contributed by atoms with Crippen LogP contribution in [0.15, 0.2) is 42.5 Å². The molecule has 7 heteroatoms. The van der Waals surface area contributed by atoms with Crippen molar-refractivity contribution in [2.75, 3.05) is 5.32 Å². The Balaban J connectivity index is 2.54. The van der Waals surface area contributed by atoms with Crippen LogP contribution in [0.4, 0.5) is 10.5 Å². The zero-order valence-electron chi connectivity index (χ0n) is 23.1. The summed E-state index contributed by atoms with van der Waals surface area (Å²) < 4.78 is 5.39. The van der Waals surface area contributed by atoms with Crippen LogP contribution in [0.3, 0.4) is 0 Å². The van der Waals surface area contributed by atoms with E-state index in [-0.39, 0.29) is 5.92 Å². The number of para-hydroxylation sites is 1. The van der Waals surface area contributed by atoms with Gasteiger partial charge in [-0.15, -0.1) is 0 Å². The van der Waals surface area contributed by atoms with Crippen molar-refractivity contribution < 1.29 is 19.1 Å². The highest BCUT2D eigenvalue weighted by molar-refractivity contribution is 6.00. The summed E-state index contributed by atoms with van der Waals surface area (Å²) in [5.41, 5.74) is 3.19. The third kappa shape index (κ3) is 7.85. The minimum absolute atomic E-state index is 0.268. The Hall–Kier alpha value is -3.79. The van der Waals surface area contributed by atoms with Gasteiger partial charge in [-0.2, -0.15) is 0 Å². The molecule has 3 amide bonds. The number of hydrogen-bond acceptors (Lipinski definition) is 4. The van der Waals surface area contributed by atoms with Crippen LogP contribution in [0.2, 0.25) is 0 Å². The van der Waals surface area contributed by atoms with E-state index in [0.29, 0.717) is 17.7 Å². The van der Waals surface area contributed by atoms with Crippen LogP contribution in [0.1, 0.15) is 69.3 Å². The normalized spacial score (nSPS) is 13.5. The first-order chi connectivity index (χ1) is 17.3. The standard InChI is InChI=1S/C30H39N3O4/c1-10-20(4)25(32-29(36)37-30(7,8)9)28(35)33(11-2)26(23-17-16-19(3)18-22(23)6)27(34)31-24-15-13-12-14-21(24)5/h2,12-18,20,25-26H,10H2,1,3-9H3,(H,31,34)(H,32,36). The Labute approximate surface area is 221 Å². The summed E-state index contributed by atoms with van der Waals surface area (Å²) in [5, 5.41) is 5.62. The summed E-state index contributed by atoms with van der Waals surface area (Å²) in [6.07, 6.45) is 5.76. The molecule has 3 unspecified atom stereocenters. The number of carbonyl (C=O) groups excluding carboxylic acids is 3. The maximum absolute atomic E-state index is 13.9. The van der Waals surface area contributed by atoms with Crippen molar-refractivity contribution in [3.05, 3.63) is 64.7 Å². The molecule has 0 bridgehead atoms. The smallest absolute Gasteiger partial charge is 0.408 e. The molecule has 2 N–H and O–H groups in total. The maximum Gasteiger partial charge on any atom is 0.408 e. The fraction of sp³-hybridized carbons (Fsp3) is 0.433. The van der Waals surface area contributed by atoms with E-state index in [4.69, 9.17) is 11.2 Å². The number of anilines is 1. The second-order valence-corrected chi connectivity index (χ2v) is 10.4. The second-order valence-electron chi connectivity index (χ2n) is 10.4. The Bertz CT molecular complexity index is 1180. The molecule has 198 valence electrons. The van der Waals surface area contributed by atoms with E-state index < -0.39 is 35.6 Å². The summed E-state index contributed by atoms with van der Waals surface area (Å²) in [6.45, 7) is 14.7. The molecular formula is C30H39N3O4. The fourth-order valence-corrected chi connectivity index (χ4v) is 3.98. The highest BCUT2D eigenvalue weighted by Crippen LogP contribution is 2.29. The van der Waals surface area contributed by atoms with E-state index in [1.807, 2.05) is 71.0 Å². The molecule has 0 heterocycles. The average Bonchev–Trinajstić information content (AvgIpc) is 2.81. The molecule has 0 saturated heterocycles. The quantitative estimate of drug-likeness (QED) is 0.358. The number of benzene rings is 2. The Morgan fingerprint density at radius 3 is 2.24 bits per heavy atom. The molecule has 0 aliphatic heterocycles. The van der Waals surface area contributed by atoms with Gasteiger partial charge in [-0.3, -0.25) is 14.5 Å². The van der Waals surface area contributed by atoms with Gasteiger partial charge >= 0.3 is 6.09 Å². The average molecular weight is 506 g/mol. The van der Waals surface area contributed by atoms with Gasteiger partial charge in [0.2, 0.25) is 0 Å². The van der Waals surface area contributed by atoms with Crippen LogP contribution >= 0.6 is 0 Å². The van der Waals surface area contributed by atoms with Crippen LogP contribution in [0.25, 0.3) is 0 Å². The minimum atomic E-state index is -1.12. The molecule has 0 fully saturated rings. The molecular weight excluding hydrogens is 466 g/mol. The lowest BCUT2D eigenvalue weighted by atomic mass is 9.94. The third-order valence-corrected chi connectivity index (χ3v) is 6.16. The third-order valence-electron chi connectivity index (χ3n) is 6.16. The lowest BCUT2D eigenvalue weighted by molar-refractivity contribution is -0.137. The highest BCUT2D eigenvalue weighted by atomic mass is 16.6. The molecule has 0 radical (unpaired) electrons. The molecule has 2 rings (SSSR count). The van der Waals surface area contributed by atoms with E-state index in [0.717, 1.165) is 21.6 Å². The molecule has 0 aliphatic rings. The second kappa shape index (κ2) is 12.4. The van der Waals surface area contributed by atoms with Crippen molar-refractivity contribution in [3.8, 4) is 12.5 Å². The summed E-state index contributed by atoms with van der Waals surface area (Å²) in [4.78, 5) is 41.4. The molecule has 3 atom stereocenters. The SMILES string of the molecule is C#CN(C(=O)C(NC(=O)OC(C)(C)C)C(C)CC)C(C(=O)Nc1ccccc1C)c1ccc(C)cc1C. The van der Waals surface area contributed by atoms with Gasteiger partial charge in [0.1, 0.15) is 17.7 Å². The number of alkyl carbamates (subject to hydrolysis) is 1. The Morgan fingerprint density at radius 1 is 1.05 bits per heavy atom. The molecule has 0 spiro atoms. The molecule has 2 aromatic carbocycles. The van der Waals surface area contributed by atoms with E-state index in [1.165, 1.54) is 0 Å². The maximum atomic E-state index is 13.9. The summed E-state index contributed by atoms with van der Waals surface area (Å²) in [5.74, 6) is -1.28. The van der Waals surface area contributed by atoms with Crippen molar-refractivity contribution in [1.29, 1.82) is 0 Å². The number of carbonyl (C=O) groups is 3. The topological polar surface area (TPSA) is 87.7 Å². The van der Waals surface area contributed by atoms with Gasteiger partial charge in [0.15, 0.2) is 0 Å². The number of amides is 3. The summed E-state index contributed by atoms with van der Waals surface area (Å²) >= 11 is 0. The first kappa shape index (κ1) is 29.4. The number of aryl methyl sites for hydroxylation is 3. The van der Waals surface area contributed by atoms with Crippen molar-refractivity contribution in [1.82, 2.24) is 10.2 Å². The predicted molar refractivity (Wildman–Crippen MR) is 147 cm³/mol. The van der Waals surface area contributed by atoms with Gasteiger partial charge in [-0.1, -0.05) is 68.7 Å². The number of ether oxygens (including phenoxy) is 1.